The van der Waals surface area contributed by atoms with Crippen LogP contribution in [0.5, 0.6) is 0 Å². The second kappa shape index (κ2) is 11.6. The number of amides is 1. The lowest BCUT2D eigenvalue weighted by Crippen LogP contribution is -2.26. The van der Waals surface area contributed by atoms with Gasteiger partial charge in [-0.15, -0.1) is 0 Å². The zero-order valence-corrected chi connectivity index (χ0v) is 20.8. The lowest BCUT2D eigenvalue weighted by atomic mass is 9.90. The van der Waals surface area contributed by atoms with Crippen molar-refractivity contribution in [2.45, 2.75) is 76.9 Å². The van der Waals surface area contributed by atoms with Crippen LogP contribution in [0.1, 0.15) is 92.1 Å². The first-order valence-corrected chi connectivity index (χ1v) is 11.8. The van der Waals surface area contributed by atoms with Gasteiger partial charge in [0.25, 0.3) is 0 Å². The normalized spacial score (nSPS) is 14.6. The number of rotatable bonds is 12. The third kappa shape index (κ3) is 7.40. The molecule has 1 fully saturated rings. The van der Waals surface area contributed by atoms with Crippen LogP contribution in [-0.4, -0.2) is 48.5 Å². The molecule has 0 N–H and O–H groups in total. The summed E-state index contributed by atoms with van der Waals surface area (Å²) in [5.74, 6) is -0.513. The summed E-state index contributed by atoms with van der Waals surface area (Å²) in [6, 6.07) is 10.00. The molecule has 8 heteroatoms. The van der Waals surface area contributed by atoms with Crippen molar-refractivity contribution >= 4 is 11.9 Å². The molecule has 186 valence electrons. The van der Waals surface area contributed by atoms with Gasteiger partial charge in [-0.1, -0.05) is 35.5 Å². The summed E-state index contributed by atoms with van der Waals surface area (Å²) in [6.45, 7) is 6.63. The lowest BCUT2D eigenvalue weighted by Gasteiger charge is -2.22. The minimum Gasteiger partial charge on any atom is -0.460 e. The molecule has 3 rings (SSSR count). The zero-order chi connectivity index (χ0) is 24.7. The van der Waals surface area contributed by atoms with Gasteiger partial charge in [0.15, 0.2) is 0 Å². The maximum Gasteiger partial charge on any atom is 0.316 e. The van der Waals surface area contributed by atoms with Crippen LogP contribution in [0.15, 0.2) is 34.9 Å². The molecule has 1 aliphatic rings. The van der Waals surface area contributed by atoms with E-state index in [2.05, 4.69) is 5.16 Å². The number of ether oxygens (including phenoxy) is 2. The molecular formula is C26H36N2O6. The van der Waals surface area contributed by atoms with E-state index in [4.69, 9.17) is 18.8 Å². The Morgan fingerprint density at radius 2 is 1.91 bits per heavy atom. The van der Waals surface area contributed by atoms with Crippen molar-refractivity contribution in [2.75, 3.05) is 20.8 Å². The molecule has 1 amide bonds. The first-order chi connectivity index (χ1) is 16.2. The highest BCUT2D eigenvalue weighted by molar-refractivity contribution is 5.92. The van der Waals surface area contributed by atoms with Crippen LogP contribution in [0.3, 0.4) is 0 Å². The molecule has 0 saturated heterocycles. The number of hydroxylamine groups is 2. The topological polar surface area (TPSA) is 91.1 Å². The minimum atomic E-state index is -0.578. The smallest absolute Gasteiger partial charge is 0.316 e. The van der Waals surface area contributed by atoms with E-state index < -0.39 is 5.60 Å². The summed E-state index contributed by atoms with van der Waals surface area (Å²) in [4.78, 5) is 30.5. The molecule has 8 nitrogen and oxygen atoms in total. The highest BCUT2D eigenvalue weighted by atomic mass is 16.7. The van der Waals surface area contributed by atoms with Crippen molar-refractivity contribution < 1.29 is 28.4 Å². The highest BCUT2D eigenvalue weighted by Crippen LogP contribution is 2.46. The second-order valence-corrected chi connectivity index (χ2v) is 9.74. The molecule has 0 unspecified atom stereocenters. The quantitative estimate of drug-likeness (QED) is 0.244. The highest BCUT2D eigenvalue weighted by Gasteiger charge is 2.38. The fraction of sp³-hybridized carbons (Fsp3) is 0.577. The van der Waals surface area contributed by atoms with Crippen LogP contribution >= 0.6 is 0 Å². The molecular weight excluding hydrogens is 436 g/mol. The van der Waals surface area contributed by atoms with Crippen LogP contribution < -0.4 is 0 Å². The maximum absolute atomic E-state index is 12.8. The van der Waals surface area contributed by atoms with Gasteiger partial charge in [-0.05, 0) is 57.9 Å². The van der Waals surface area contributed by atoms with Gasteiger partial charge in [0.2, 0.25) is 5.76 Å². The van der Waals surface area contributed by atoms with E-state index in [1.54, 1.807) is 0 Å². The minimum absolute atomic E-state index is 0.163. The summed E-state index contributed by atoms with van der Waals surface area (Å²) >= 11 is 0. The van der Waals surface area contributed by atoms with Gasteiger partial charge in [0.05, 0.1) is 25.8 Å². The molecule has 2 aromatic rings. The molecule has 1 atom stereocenters. The molecule has 0 bridgehead atoms. The van der Waals surface area contributed by atoms with Gasteiger partial charge in [0.1, 0.15) is 5.60 Å². The molecule has 1 aromatic carbocycles. The van der Waals surface area contributed by atoms with Crippen LogP contribution in [0, 0.1) is 0 Å². The lowest BCUT2D eigenvalue weighted by molar-refractivity contribution is -0.155. The van der Waals surface area contributed by atoms with E-state index in [0.717, 1.165) is 35.5 Å². The average Bonchev–Trinajstić information content (AvgIpc) is 3.54. The number of hydrogen-bond acceptors (Lipinski definition) is 7. The van der Waals surface area contributed by atoms with Crippen LogP contribution in [0.25, 0.3) is 0 Å². The standard InChI is InChI=1S/C26H36N2O6/c1-26(2,3)33-21(29)16-20(12-9-15-32-17-18-10-7-6-8-11-18)23-22(19-13-14-19)24(34-27-23)25(30)28(4)31-5/h6-8,10-11,19-20H,9,12-17H2,1-5H3/t20-/m0/s1. The van der Waals surface area contributed by atoms with Crippen LogP contribution in [0.4, 0.5) is 0 Å². The summed E-state index contributed by atoms with van der Waals surface area (Å²) in [5, 5.41) is 5.41. The fourth-order valence-electron chi connectivity index (χ4n) is 3.87. The van der Waals surface area contributed by atoms with Gasteiger partial charge in [-0.3, -0.25) is 14.4 Å². The Balaban J connectivity index is 1.73. The summed E-state index contributed by atoms with van der Waals surface area (Å²) in [6.07, 6.45) is 3.48. The number of nitrogens with zero attached hydrogens (tertiary/aromatic N) is 2. The number of carbonyl (C=O) groups excluding carboxylic acids is 2. The third-order valence-corrected chi connectivity index (χ3v) is 5.67. The first kappa shape index (κ1) is 25.9. The number of esters is 1. The van der Waals surface area contributed by atoms with E-state index >= 15 is 0 Å². The van der Waals surface area contributed by atoms with Gasteiger partial charge in [0, 0.05) is 25.1 Å². The average molecular weight is 473 g/mol. The summed E-state index contributed by atoms with van der Waals surface area (Å²) < 4.78 is 16.9. The molecule has 0 spiro atoms. The predicted molar refractivity (Wildman–Crippen MR) is 126 cm³/mol. The molecule has 1 saturated carbocycles. The Kier molecular flexibility index (Phi) is 8.85. The number of aromatic nitrogens is 1. The predicted octanol–water partition coefficient (Wildman–Crippen LogP) is 5.00. The zero-order valence-electron chi connectivity index (χ0n) is 20.8. The number of hydrogen-bond donors (Lipinski definition) is 0. The second-order valence-electron chi connectivity index (χ2n) is 9.74. The monoisotopic (exact) mass is 472 g/mol. The maximum atomic E-state index is 12.8. The molecule has 1 heterocycles. The van der Waals surface area contributed by atoms with Crippen molar-refractivity contribution in [1.29, 1.82) is 0 Å². The molecule has 0 radical (unpaired) electrons. The van der Waals surface area contributed by atoms with Crippen molar-refractivity contribution in [3.63, 3.8) is 0 Å². The Morgan fingerprint density at radius 3 is 2.53 bits per heavy atom. The van der Waals surface area contributed by atoms with Crippen molar-refractivity contribution in [1.82, 2.24) is 10.2 Å². The number of carbonyl (C=O) groups is 2. The van der Waals surface area contributed by atoms with E-state index in [1.165, 1.54) is 14.2 Å². The Labute approximate surface area is 201 Å². The van der Waals surface area contributed by atoms with Crippen molar-refractivity contribution in [2.24, 2.45) is 0 Å². The molecule has 34 heavy (non-hydrogen) atoms. The van der Waals surface area contributed by atoms with Gasteiger partial charge >= 0.3 is 11.9 Å². The van der Waals surface area contributed by atoms with Crippen LogP contribution in [-0.2, 0) is 25.7 Å². The SMILES string of the molecule is CON(C)C(=O)c1onc([C@@H](CCCOCc2ccccc2)CC(=O)OC(C)(C)C)c1C1CC1. The van der Waals surface area contributed by atoms with Crippen molar-refractivity contribution in [3.8, 4) is 0 Å². The third-order valence-electron chi connectivity index (χ3n) is 5.67. The largest absolute Gasteiger partial charge is 0.460 e. The fourth-order valence-corrected chi connectivity index (χ4v) is 3.87. The van der Waals surface area contributed by atoms with E-state index in [1.807, 2.05) is 51.1 Å². The van der Waals surface area contributed by atoms with Crippen molar-refractivity contribution in [3.05, 3.63) is 52.9 Å². The van der Waals surface area contributed by atoms with Gasteiger partial charge < -0.3 is 14.0 Å². The Hall–Kier alpha value is -2.71. The Bertz CT molecular complexity index is 946. The Morgan fingerprint density at radius 1 is 1.21 bits per heavy atom. The number of benzene rings is 1. The summed E-state index contributed by atoms with van der Waals surface area (Å²) in [7, 11) is 2.95. The van der Waals surface area contributed by atoms with E-state index in [0.29, 0.717) is 25.3 Å². The first-order valence-electron chi connectivity index (χ1n) is 11.8. The molecule has 0 aliphatic heterocycles. The van der Waals surface area contributed by atoms with E-state index in [9.17, 15) is 9.59 Å². The molecule has 1 aliphatic carbocycles. The molecule has 1 aromatic heterocycles. The van der Waals surface area contributed by atoms with Gasteiger partial charge in [-0.2, -0.15) is 0 Å². The summed E-state index contributed by atoms with van der Waals surface area (Å²) in [5.41, 5.74) is 2.01. The van der Waals surface area contributed by atoms with Gasteiger partial charge in [-0.25, -0.2) is 5.06 Å². The van der Waals surface area contributed by atoms with Crippen LogP contribution in [0.2, 0.25) is 0 Å². The van der Waals surface area contributed by atoms with E-state index in [-0.39, 0.29) is 35.9 Å².